The van der Waals surface area contributed by atoms with E-state index in [-0.39, 0.29) is 11.6 Å². The highest BCUT2D eigenvalue weighted by Gasteiger charge is 2.16. The van der Waals surface area contributed by atoms with Crippen molar-refractivity contribution in [3.8, 4) is 5.75 Å². The molecule has 0 saturated carbocycles. The third kappa shape index (κ3) is 5.08. The van der Waals surface area contributed by atoms with E-state index < -0.39 is 30.1 Å². The summed E-state index contributed by atoms with van der Waals surface area (Å²) in [4.78, 5) is 11.7. The zero-order valence-electron chi connectivity index (χ0n) is 11.2. The van der Waals surface area contributed by atoms with Gasteiger partial charge in [0.2, 0.25) is 5.91 Å². The fourth-order valence-electron chi connectivity index (χ4n) is 1.62. The average molecular weight is 290 g/mol. The second-order valence-electron chi connectivity index (χ2n) is 4.75. The summed E-state index contributed by atoms with van der Waals surface area (Å²) in [6.07, 6.45) is 0.487. The van der Waals surface area contributed by atoms with Crippen LogP contribution in [-0.2, 0) is 4.79 Å². The van der Waals surface area contributed by atoms with Crippen LogP contribution in [-0.4, -0.2) is 18.6 Å². The van der Waals surface area contributed by atoms with E-state index in [0.29, 0.717) is 6.42 Å². The molecule has 0 radical (unpaired) electrons. The summed E-state index contributed by atoms with van der Waals surface area (Å²) in [5, 5.41) is 2.42. The summed E-state index contributed by atoms with van der Waals surface area (Å²) >= 11 is 0. The first-order chi connectivity index (χ1) is 9.29. The van der Waals surface area contributed by atoms with Gasteiger partial charge in [0.15, 0.2) is 11.6 Å². The predicted octanol–water partition coefficient (Wildman–Crippen LogP) is 2.74. The standard InChI is InChI=1S/C13H17F3N2O2/c1-7(2)5-10(17)12(19)18-8-3-4-11(9(14)6-8)20-13(15)16/h3-4,6-7,10,13H,5,17H2,1-2H3,(H,18,19)/t10-/m0/s1. The van der Waals surface area contributed by atoms with Crippen molar-refractivity contribution in [2.45, 2.75) is 32.9 Å². The monoisotopic (exact) mass is 290 g/mol. The third-order valence-electron chi connectivity index (χ3n) is 2.48. The van der Waals surface area contributed by atoms with Gasteiger partial charge < -0.3 is 15.8 Å². The number of carbonyl (C=O) groups is 1. The number of carbonyl (C=O) groups excluding carboxylic acids is 1. The molecule has 0 bridgehead atoms. The zero-order valence-corrected chi connectivity index (χ0v) is 11.2. The van der Waals surface area contributed by atoms with Crippen LogP contribution in [0.25, 0.3) is 0 Å². The van der Waals surface area contributed by atoms with Crippen molar-refractivity contribution < 1.29 is 22.7 Å². The molecule has 20 heavy (non-hydrogen) atoms. The highest BCUT2D eigenvalue weighted by molar-refractivity contribution is 5.94. The number of nitrogens with two attached hydrogens (primary N) is 1. The fraction of sp³-hybridized carbons (Fsp3) is 0.462. The van der Waals surface area contributed by atoms with Crippen LogP contribution in [0, 0.1) is 11.7 Å². The van der Waals surface area contributed by atoms with E-state index in [0.717, 1.165) is 12.1 Å². The van der Waals surface area contributed by atoms with E-state index in [9.17, 15) is 18.0 Å². The average Bonchev–Trinajstić information content (AvgIpc) is 2.31. The lowest BCUT2D eigenvalue weighted by atomic mass is 10.0. The Morgan fingerprint density at radius 3 is 2.55 bits per heavy atom. The van der Waals surface area contributed by atoms with Gasteiger partial charge in [-0.05, 0) is 24.5 Å². The van der Waals surface area contributed by atoms with Crippen molar-refractivity contribution in [2.24, 2.45) is 11.7 Å². The minimum absolute atomic E-state index is 0.133. The Hall–Kier alpha value is -1.76. The molecule has 1 aromatic carbocycles. The first-order valence-corrected chi connectivity index (χ1v) is 6.10. The second kappa shape index (κ2) is 7.14. The van der Waals surface area contributed by atoms with Gasteiger partial charge in [0, 0.05) is 11.8 Å². The molecule has 0 aliphatic carbocycles. The fourth-order valence-corrected chi connectivity index (χ4v) is 1.62. The number of amides is 1. The van der Waals surface area contributed by atoms with E-state index >= 15 is 0 Å². The SMILES string of the molecule is CC(C)C[C@H](N)C(=O)Nc1ccc(OC(F)F)c(F)c1. The zero-order chi connectivity index (χ0) is 15.3. The molecular formula is C13H17F3N2O2. The number of halogens is 3. The Balaban J connectivity index is 2.69. The summed E-state index contributed by atoms with van der Waals surface area (Å²) in [6, 6.07) is 2.47. The topological polar surface area (TPSA) is 64.4 Å². The summed E-state index contributed by atoms with van der Waals surface area (Å²) in [5.41, 5.74) is 5.80. The molecule has 0 aliphatic rings. The summed E-state index contributed by atoms with van der Waals surface area (Å²) in [7, 11) is 0. The number of anilines is 1. The molecule has 0 aromatic heterocycles. The lowest BCUT2D eigenvalue weighted by Gasteiger charge is -2.14. The van der Waals surface area contributed by atoms with Crippen LogP contribution in [0.2, 0.25) is 0 Å². The Kier molecular flexibility index (Phi) is 5.82. The van der Waals surface area contributed by atoms with Crippen LogP contribution in [0.3, 0.4) is 0 Å². The van der Waals surface area contributed by atoms with Gasteiger partial charge in [-0.15, -0.1) is 0 Å². The first kappa shape index (κ1) is 16.3. The van der Waals surface area contributed by atoms with E-state index in [1.165, 1.54) is 6.07 Å². The first-order valence-electron chi connectivity index (χ1n) is 6.10. The molecule has 0 spiro atoms. The van der Waals surface area contributed by atoms with E-state index in [2.05, 4.69) is 10.1 Å². The number of nitrogens with one attached hydrogen (secondary N) is 1. The van der Waals surface area contributed by atoms with Gasteiger partial charge in [0.25, 0.3) is 0 Å². The molecule has 3 N–H and O–H groups in total. The van der Waals surface area contributed by atoms with Crippen molar-refractivity contribution in [3.05, 3.63) is 24.0 Å². The molecule has 1 atom stereocenters. The van der Waals surface area contributed by atoms with Crippen LogP contribution < -0.4 is 15.8 Å². The Morgan fingerprint density at radius 1 is 1.40 bits per heavy atom. The minimum Gasteiger partial charge on any atom is -0.432 e. The maximum Gasteiger partial charge on any atom is 0.387 e. The third-order valence-corrected chi connectivity index (χ3v) is 2.48. The maximum absolute atomic E-state index is 13.4. The Morgan fingerprint density at radius 2 is 2.05 bits per heavy atom. The molecule has 0 heterocycles. The van der Waals surface area contributed by atoms with Crippen molar-refractivity contribution in [3.63, 3.8) is 0 Å². The molecular weight excluding hydrogens is 273 g/mol. The number of hydrogen-bond donors (Lipinski definition) is 2. The second-order valence-corrected chi connectivity index (χ2v) is 4.75. The van der Waals surface area contributed by atoms with Crippen LogP contribution in [0.15, 0.2) is 18.2 Å². The number of rotatable bonds is 6. The Bertz CT molecular complexity index is 467. The summed E-state index contributed by atoms with van der Waals surface area (Å²) < 4.78 is 41.3. The molecule has 0 saturated heterocycles. The highest BCUT2D eigenvalue weighted by atomic mass is 19.3. The summed E-state index contributed by atoms with van der Waals surface area (Å²) in [6.45, 7) is 0.733. The van der Waals surface area contributed by atoms with E-state index in [1.54, 1.807) is 0 Å². The van der Waals surface area contributed by atoms with Gasteiger partial charge in [-0.25, -0.2) is 4.39 Å². The number of hydrogen-bond acceptors (Lipinski definition) is 3. The normalized spacial score (nSPS) is 12.6. The lowest BCUT2D eigenvalue weighted by Crippen LogP contribution is -2.36. The molecule has 1 amide bonds. The quantitative estimate of drug-likeness (QED) is 0.846. The molecule has 7 heteroatoms. The smallest absolute Gasteiger partial charge is 0.387 e. The highest BCUT2D eigenvalue weighted by Crippen LogP contribution is 2.23. The lowest BCUT2D eigenvalue weighted by molar-refractivity contribution is -0.117. The summed E-state index contributed by atoms with van der Waals surface area (Å²) in [5.74, 6) is -1.78. The van der Waals surface area contributed by atoms with E-state index in [1.807, 2.05) is 13.8 Å². The maximum atomic E-state index is 13.4. The van der Waals surface area contributed by atoms with Gasteiger partial charge >= 0.3 is 6.61 Å². The van der Waals surface area contributed by atoms with Gasteiger partial charge in [-0.2, -0.15) is 8.78 Å². The minimum atomic E-state index is -3.11. The van der Waals surface area contributed by atoms with Crippen molar-refractivity contribution >= 4 is 11.6 Å². The largest absolute Gasteiger partial charge is 0.432 e. The van der Waals surface area contributed by atoms with Crippen molar-refractivity contribution in [1.29, 1.82) is 0 Å². The van der Waals surface area contributed by atoms with Crippen LogP contribution in [0.4, 0.5) is 18.9 Å². The van der Waals surface area contributed by atoms with Crippen LogP contribution in [0.1, 0.15) is 20.3 Å². The van der Waals surface area contributed by atoms with Gasteiger partial charge in [-0.3, -0.25) is 4.79 Å². The Labute approximate surface area is 115 Å². The molecule has 0 unspecified atom stereocenters. The molecule has 1 aromatic rings. The van der Waals surface area contributed by atoms with E-state index in [4.69, 9.17) is 5.73 Å². The van der Waals surface area contributed by atoms with Crippen molar-refractivity contribution in [1.82, 2.24) is 0 Å². The molecule has 112 valence electrons. The van der Waals surface area contributed by atoms with Gasteiger partial charge in [-0.1, -0.05) is 13.8 Å². The number of benzene rings is 1. The van der Waals surface area contributed by atoms with Gasteiger partial charge in [0.1, 0.15) is 0 Å². The molecule has 4 nitrogen and oxygen atoms in total. The van der Waals surface area contributed by atoms with Gasteiger partial charge in [0.05, 0.1) is 6.04 Å². The molecule has 0 fully saturated rings. The number of alkyl halides is 2. The molecule has 1 rings (SSSR count). The number of ether oxygens (including phenoxy) is 1. The predicted molar refractivity (Wildman–Crippen MR) is 69.1 cm³/mol. The van der Waals surface area contributed by atoms with Crippen molar-refractivity contribution in [2.75, 3.05) is 5.32 Å². The van der Waals surface area contributed by atoms with Crippen LogP contribution >= 0.6 is 0 Å². The molecule has 0 aliphatic heterocycles. The van der Waals surface area contributed by atoms with Crippen LogP contribution in [0.5, 0.6) is 5.75 Å².